The molecule has 0 bridgehead atoms. The van der Waals surface area contributed by atoms with Crippen LogP contribution in [0.4, 0.5) is 5.69 Å². The Balaban J connectivity index is 1.34. The van der Waals surface area contributed by atoms with Crippen LogP contribution in [0.1, 0.15) is 38.5 Å². The number of carbonyl (C=O) groups is 2. The molecular formula is C22H31N3O3S. The predicted molar refractivity (Wildman–Crippen MR) is 115 cm³/mol. The number of carbonyl (C=O) groups excluding carboxylic acids is 2. The van der Waals surface area contributed by atoms with Crippen LogP contribution in [0.15, 0.2) is 29.2 Å². The van der Waals surface area contributed by atoms with Gasteiger partial charge in [0.2, 0.25) is 11.8 Å². The van der Waals surface area contributed by atoms with Crippen LogP contribution in [0, 0.1) is 0 Å². The van der Waals surface area contributed by atoms with Crippen molar-refractivity contribution >= 4 is 29.3 Å². The smallest absolute Gasteiger partial charge is 0.237 e. The molecule has 1 saturated carbocycles. The molecule has 158 valence electrons. The summed E-state index contributed by atoms with van der Waals surface area (Å²) in [5.74, 6) is 0.559. The minimum Gasteiger partial charge on any atom is -0.379 e. The second kappa shape index (κ2) is 9.49. The molecule has 0 radical (unpaired) electrons. The molecule has 2 fully saturated rings. The maximum atomic E-state index is 12.7. The molecule has 2 amide bonds. The van der Waals surface area contributed by atoms with Crippen molar-refractivity contribution in [1.82, 2.24) is 10.2 Å². The summed E-state index contributed by atoms with van der Waals surface area (Å²) in [5, 5.41) is 3.20. The van der Waals surface area contributed by atoms with Crippen LogP contribution in [0.5, 0.6) is 0 Å². The molecule has 7 heteroatoms. The average Bonchev–Trinajstić information content (AvgIpc) is 2.78. The number of rotatable bonds is 6. The highest BCUT2D eigenvalue weighted by Gasteiger charge is 2.38. The van der Waals surface area contributed by atoms with Gasteiger partial charge in [-0.3, -0.25) is 14.5 Å². The number of fused-ring (bicyclic) bond motifs is 1. The topological polar surface area (TPSA) is 61.9 Å². The van der Waals surface area contributed by atoms with Gasteiger partial charge in [-0.05, 0) is 25.0 Å². The van der Waals surface area contributed by atoms with Gasteiger partial charge in [0, 0.05) is 43.0 Å². The van der Waals surface area contributed by atoms with Crippen LogP contribution in [0.2, 0.25) is 0 Å². The standard InChI is InChI=1S/C22H31N3O3S/c26-20(8-11-25-18-6-2-3-7-19(18)29-16-21(25)27)23-17-22(9-4-1-5-10-22)24-12-14-28-15-13-24/h2-3,6-7H,1,4-5,8-17H2,(H,23,26). The van der Waals surface area contributed by atoms with Crippen LogP contribution in [0.25, 0.3) is 0 Å². The fourth-order valence-corrected chi connectivity index (χ4v) is 5.75. The number of nitrogens with zero attached hydrogens (tertiary/aromatic N) is 2. The summed E-state index contributed by atoms with van der Waals surface area (Å²) in [6, 6.07) is 7.93. The molecule has 1 saturated heterocycles. The Hall–Kier alpha value is -1.57. The number of nitrogens with one attached hydrogen (secondary N) is 1. The van der Waals surface area contributed by atoms with E-state index in [-0.39, 0.29) is 17.4 Å². The predicted octanol–water partition coefficient (Wildman–Crippen LogP) is 2.67. The van der Waals surface area contributed by atoms with Gasteiger partial charge in [-0.15, -0.1) is 11.8 Å². The maximum absolute atomic E-state index is 12.7. The third-order valence-electron chi connectivity index (χ3n) is 6.45. The van der Waals surface area contributed by atoms with Crippen molar-refractivity contribution in [3.8, 4) is 0 Å². The number of thioether (sulfide) groups is 1. The molecule has 3 aliphatic rings. The quantitative estimate of drug-likeness (QED) is 0.771. The average molecular weight is 418 g/mol. The van der Waals surface area contributed by atoms with Gasteiger partial charge in [-0.25, -0.2) is 0 Å². The Kier molecular flexibility index (Phi) is 6.77. The van der Waals surface area contributed by atoms with Crippen molar-refractivity contribution in [3.05, 3.63) is 24.3 Å². The van der Waals surface area contributed by atoms with Gasteiger partial charge in [0.1, 0.15) is 0 Å². The number of morpholine rings is 1. The molecule has 6 nitrogen and oxygen atoms in total. The van der Waals surface area contributed by atoms with E-state index in [1.165, 1.54) is 19.3 Å². The number of hydrogen-bond donors (Lipinski definition) is 1. The lowest BCUT2D eigenvalue weighted by atomic mass is 9.79. The largest absolute Gasteiger partial charge is 0.379 e. The van der Waals surface area contributed by atoms with E-state index in [1.54, 1.807) is 16.7 Å². The van der Waals surface area contributed by atoms with E-state index in [0.717, 1.165) is 49.7 Å². The summed E-state index contributed by atoms with van der Waals surface area (Å²) in [4.78, 5) is 30.5. The highest BCUT2D eigenvalue weighted by molar-refractivity contribution is 8.00. The first-order valence-electron chi connectivity index (χ1n) is 10.8. The number of benzene rings is 1. The van der Waals surface area contributed by atoms with Gasteiger partial charge < -0.3 is 15.0 Å². The molecule has 1 N–H and O–H groups in total. The van der Waals surface area contributed by atoms with E-state index in [9.17, 15) is 9.59 Å². The molecular weight excluding hydrogens is 386 g/mol. The van der Waals surface area contributed by atoms with Crippen molar-refractivity contribution in [3.63, 3.8) is 0 Å². The third-order valence-corrected chi connectivity index (χ3v) is 7.50. The Morgan fingerprint density at radius 2 is 1.90 bits per heavy atom. The van der Waals surface area contributed by atoms with Crippen molar-refractivity contribution in [2.45, 2.75) is 49.0 Å². The van der Waals surface area contributed by atoms with Crippen LogP contribution in [0.3, 0.4) is 0 Å². The summed E-state index contributed by atoms with van der Waals surface area (Å²) in [6.45, 7) is 4.60. The zero-order valence-electron chi connectivity index (χ0n) is 17.0. The van der Waals surface area contributed by atoms with E-state index in [2.05, 4.69) is 10.2 Å². The Bertz CT molecular complexity index is 730. The lowest BCUT2D eigenvalue weighted by molar-refractivity contribution is -0.122. The van der Waals surface area contributed by atoms with E-state index in [1.807, 2.05) is 24.3 Å². The summed E-state index contributed by atoms with van der Waals surface area (Å²) in [7, 11) is 0. The Morgan fingerprint density at radius 3 is 2.69 bits per heavy atom. The van der Waals surface area contributed by atoms with Gasteiger partial charge in [0.05, 0.1) is 24.7 Å². The normalized spacial score (nSPS) is 22.2. The summed E-state index contributed by atoms with van der Waals surface area (Å²) in [5.41, 5.74) is 1.00. The fraction of sp³-hybridized carbons (Fsp3) is 0.636. The Morgan fingerprint density at radius 1 is 1.14 bits per heavy atom. The number of amides is 2. The molecule has 1 aromatic carbocycles. The Labute approximate surface area is 177 Å². The first kappa shape index (κ1) is 20.7. The first-order chi connectivity index (χ1) is 14.2. The van der Waals surface area contributed by atoms with Crippen LogP contribution < -0.4 is 10.2 Å². The zero-order chi connectivity index (χ0) is 20.1. The lowest BCUT2D eigenvalue weighted by Gasteiger charge is -2.48. The monoisotopic (exact) mass is 417 g/mol. The van der Waals surface area contributed by atoms with Crippen LogP contribution >= 0.6 is 11.8 Å². The number of ether oxygens (including phenoxy) is 1. The van der Waals surface area contributed by atoms with Gasteiger partial charge in [-0.2, -0.15) is 0 Å². The van der Waals surface area contributed by atoms with E-state index in [4.69, 9.17) is 4.74 Å². The highest BCUT2D eigenvalue weighted by Crippen LogP contribution is 2.35. The molecule has 0 aromatic heterocycles. The van der Waals surface area contributed by atoms with Gasteiger partial charge in [0.25, 0.3) is 0 Å². The summed E-state index contributed by atoms with van der Waals surface area (Å²) in [6.07, 6.45) is 6.36. The fourth-order valence-electron chi connectivity index (χ4n) is 4.82. The van der Waals surface area contributed by atoms with Gasteiger partial charge in [-0.1, -0.05) is 31.4 Å². The van der Waals surface area contributed by atoms with E-state index >= 15 is 0 Å². The highest BCUT2D eigenvalue weighted by atomic mass is 32.2. The number of anilines is 1. The van der Waals surface area contributed by atoms with E-state index in [0.29, 0.717) is 25.3 Å². The van der Waals surface area contributed by atoms with Crippen molar-refractivity contribution in [2.24, 2.45) is 0 Å². The minimum atomic E-state index is 0.0340. The number of para-hydroxylation sites is 1. The summed E-state index contributed by atoms with van der Waals surface area (Å²) < 4.78 is 5.54. The molecule has 1 aliphatic carbocycles. The molecule has 0 unspecified atom stereocenters. The molecule has 29 heavy (non-hydrogen) atoms. The molecule has 2 heterocycles. The maximum Gasteiger partial charge on any atom is 0.237 e. The van der Waals surface area contributed by atoms with Crippen molar-refractivity contribution < 1.29 is 14.3 Å². The van der Waals surface area contributed by atoms with Gasteiger partial charge in [0.15, 0.2) is 0 Å². The second-order valence-electron chi connectivity index (χ2n) is 8.21. The molecule has 2 aliphatic heterocycles. The van der Waals surface area contributed by atoms with Gasteiger partial charge >= 0.3 is 0 Å². The van der Waals surface area contributed by atoms with Crippen molar-refractivity contribution in [1.29, 1.82) is 0 Å². The van der Waals surface area contributed by atoms with Crippen LogP contribution in [-0.4, -0.2) is 67.4 Å². The first-order valence-corrected chi connectivity index (χ1v) is 11.8. The third kappa shape index (κ3) is 4.78. The lowest BCUT2D eigenvalue weighted by Crippen LogP contribution is -2.59. The SMILES string of the molecule is O=C(CCN1C(=O)CSc2ccccc21)NCC1(N2CCOCC2)CCCCC1. The second-order valence-corrected chi connectivity index (χ2v) is 9.23. The summed E-state index contributed by atoms with van der Waals surface area (Å²) >= 11 is 1.57. The van der Waals surface area contributed by atoms with Crippen LogP contribution in [-0.2, 0) is 14.3 Å². The number of hydrogen-bond acceptors (Lipinski definition) is 5. The molecule has 4 rings (SSSR count). The van der Waals surface area contributed by atoms with E-state index < -0.39 is 0 Å². The molecule has 0 spiro atoms. The molecule has 0 atom stereocenters. The zero-order valence-corrected chi connectivity index (χ0v) is 17.8. The van der Waals surface area contributed by atoms with Crippen molar-refractivity contribution in [2.75, 3.05) is 50.0 Å². The molecule has 1 aromatic rings. The minimum absolute atomic E-state index is 0.0340.